The third kappa shape index (κ3) is 3.62. The molecule has 27 heavy (non-hydrogen) atoms. The SMILES string of the molecule is CCc1ccccc1N1CC(C(=O)NC2C3CCCC2CC(N)C3)CC1=O. The second kappa shape index (κ2) is 7.63. The molecule has 3 aliphatic rings. The van der Waals surface area contributed by atoms with Gasteiger partial charge in [0.25, 0.3) is 0 Å². The Labute approximate surface area is 161 Å². The molecule has 4 rings (SSSR count). The van der Waals surface area contributed by atoms with Crippen LogP contribution >= 0.6 is 0 Å². The highest BCUT2D eigenvalue weighted by atomic mass is 16.2. The fourth-order valence-corrected chi connectivity index (χ4v) is 5.50. The first-order valence-corrected chi connectivity index (χ1v) is 10.5. The van der Waals surface area contributed by atoms with Gasteiger partial charge in [-0.1, -0.05) is 31.5 Å². The minimum atomic E-state index is -0.251. The largest absolute Gasteiger partial charge is 0.353 e. The number of para-hydroxylation sites is 1. The van der Waals surface area contributed by atoms with Crippen molar-refractivity contribution in [1.82, 2.24) is 5.32 Å². The van der Waals surface area contributed by atoms with E-state index < -0.39 is 0 Å². The molecule has 1 saturated heterocycles. The van der Waals surface area contributed by atoms with Crippen molar-refractivity contribution in [2.45, 2.75) is 64.0 Å². The zero-order valence-corrected chi connectivity index (χ0v) is 16.2. The number of carbonyl (C=O) groups is 2. The lowest BCUT2D eigenvalue weighted by atomic mass is 9.67. The first-order valence-electron chi connectivity index (χ1n) is 10.5. The fourth-order valence-electron chi connectivity index (χ4n) is 5.50. The van der Waals surface area contributed by atoms with Crippen LogP contribution in [0.1, 0.15) is 51.0 Å². The van der Waals surface area contributed by atoms with Crippen molar-refractivity contribution in [3.8, 4) is 0 Å². The van der Waals surface area contributed by atoms with Crippen LogP contribution in [-0.2, 0) is 16.0 Å². The summed E-state index contributed by atoms with van der Waals surface area (Å²) in [5.41, 5.74) is 8.32. The summed E-state index contributed by atoms with van der Waals surface area (Å²) in [6.07, 6.45) is 6.79. The number of amides is 2. The Morgan fingerprint density at radius 1 is 1.22 bits per heavy atom. The summed E-state index contributed by atoms with van der Waals surface area (Å²) in [4.78, 5) is 27.4. The van der Waals surface area contributed by atoms with E-state index in [2.05, 4.69) is 18.3 Å². The van der Waals surface area contributed by atoms with Gasteiger partial charge in [0, 0.05) is 30.7 Å². The van der Waals surface area contributed by atoms with Crippen LogP contribution in [0.4, 0.5) is 5.69 Å². The van der Waals surface area contributed by atoms with Gasteiger partial charge in [-0.3, -0.25) is 9.59 Å². The van der Waals surface area contributed by atoms with Crippen LogP contribution in [0.15, 0.2) is 24.3 Å². The zero-order valence-electron chi connectivity index (χ0n) is 16.2. The van der Waals surface area contributed by atoms with E-state index in [9.17, 15) is 9.59 Å². The van der Waals surface area contributed by atoms with Gasteiger partial charge < -0.3 is 16.0 Å². The maximum absolute atomic E-state index is 13.0. The molecule has 3 fully saturated rings. The number of aryl methyl sites for hydroxylation is 1. The molecule has 3 N–H and O–H groups in total. The second-order valence-corrected chi connectivity index (χ2v) is 8.60. The maximum Gasteiger partial charge on any atom is 0.227 e. The van der Waals surface area contributed by atoms with Crippen molar-refractivity contribution < 1.29 is 9.59 Å². The van der Waals surface area contributed by atoms with Crippen molar-refractivity contribution in [3.63, 3.8) is 0 Å². The van der Waals surface area contributed by atoms with Crippen molar-refractivity contribution in [2.24, 2.45) is 23.5 Å². The number of benzene rings is 1. The van der Waals surface area contributed by atoms with Crippen LogP contribution < -0.4 is 16.0 Å². The standard InChI is InChI=1S/C22H31N3O2/c1-2-14-6-3-4-9-19(14)25-13-17(12-20(25)26)22(27)24-21-15-7-5-8-16(21)11-18(23)10-15/h3-4,6,9,15-18,21H,2,5,7-8,10-13,23H2,1H3,(H,24,27). The summed E-state index contributed by atoms with van der Waals surface area (Å²) in [6, 6.07) is 8.54. The minimum absolute atomic E-state index is 0.0530. The van der Waals surface area contributed by atoms with Gasteiger partial charge in [0.05, 0.1) is 5.92 Å². The number of hydrogen-bond acceptors (Lipinski definition) is 3. The van der Waals surface area contributed by atoms with E-state index in [1.54, 1.807) is 4.90 Å². The molecule has 5 nitrogen and oxygen atoms in total. The third-order valence-corrected chi connectivity index (χ3v) is 6.84. The second-order valence-electron chi connectivity index (χ2n) is 8.60. The molecule has 3 unspecified atom stereocenters. The molecule has 1 heterocycles. The summed E-state index contributed by atoms with van der Waals surface area (Å²) < 4.78 is 0. The molecular weight excluding hydrogens is 338 g/mol. The lowest BCUT2D eigenvalue weighted by Gasteiger charge is -2.45. The highest BCUT2D eigenvalue weighted by molar-refractivity contribution is 6.00. The smallest absolute Gasteiger partial charge is 0.227 e. The lowest BCUT2D eigenvalue weighted by molar-refractivity contribution is -0.128. The molecule has 1 aliphatic heterocycles. The van der Waals surface area contributed by atoms with Gasteiger partial charge >= 0.3 is 0 Å². The predicted molar refractivity (Wildman–Crippen MR) is 106 cm³/mol. The van der Waals surface area contributed by atoms with Crippen LogP contribution in [0, 0.1) is 17.8 Å². The van der Waals surface area contributed by atoms with Crippen molar-refractivity contribution in [2.75, 3.05) is 11.4 Å². The highest BCUT2D eigenvalue weighted by Gasteiger charge is 2.42. The number of nitrogens with one attached hydrogen (secondary N) is 1. The zero-order chi connectivity index (χ0) is 19.0. The molecule has 3 atom stereocenters. The molecule has 2 aliphatic carbocycles. The molecule has 2 saturated carbocycles. The van der Waals surface area contributed by atoms with Gasteiger partial charge in [-0.05, 0) is 55.6 Å². The molecule has 0 aromatic heterocycles. The topological polar surface area (TPSA) is 75.4 Å². The predicted octanol–water partition coefficient (Wildman–Crippen LogP) is 2.62. The van der Waals surface area contributed by atoms with Gasteiger partial charge in [0.15, 0.2) is 0 Å². The van der Waals surface area contributed by atoms with E-state index in [4.69, 9.17) is 5.73 Å². The fraction of sp³-hybridized carbons (Fsp3) is 0.636. The maximum atomic E-state index is 13.0. The number of nitrogens with zero attached hydrogens (tertiary/aromatic N) is 1. The van der Waals surface area contributed by atoms with E-state index in [0.29, 0.717) is 24.8 Å². The van der Waals surface area contributed by atoms with Crippen LogP contribution in [0.3, 0.4) is 0 Å². The van der Waals surface area contributed by atoms with Gasteiger partial charge in [-0.15, -0.1) is 0 Å². The Kier molecular flexibility index (Phi) is 5.22. The van der Waals surface area contributed by atoms with E-state index in [1.165, 1.54) is 6.42 Å². The normalized spacial score (nSPS) is 33.2. The molecule has 1 aromatic carbocycles. The molecule has 146 valence electrons. The Morgan fingerprint density at radius 2 is 1.93 bits per heavy atom. The molecule has 2 bridgehead atoms. The van der Waals surface area contributed by atoms with E-state index >= 15 is 0 Å². The average molecular weight is 370 g/mol. The van der Waals surface area contributed by atoms with E-state index in [1.807, 2.05) is 18.2 Å². The number of nitrogens with two attached hydrogens (primary N) is 1. The summed E-state index contributed by atoms with van der Waals surface area (Å²) in [7, 11) is 0. The number of anilines is 1. The Hall–Kier alpha value is -1.88. The molecule has 5 heteroatoms. The van der Waals surface area contributed by atoms with Crippen molar-refractivity contribution >= 4 is 17.5 Å². The number of rotatable bonds is 4. The lowest BCUT2D eigenvalue weighted by Crippen LogP contribution is -2.54. The first kappa shape index (κ1) is 18.5. The summed E-state index contributed by atoms with van der Waals surface area (Å²) in [6.45, 7) is 2.58. The number of carbonyl (C=O) groups excluding carboxylic acids is 2. The van der Waals surface area contributed by atoms with Gasteiger partial charge in [-0.25, -0.2) is 0 Å². The van der Waals surface area contributed by atoms with Crippen LogP contribution in [0.5, 0.6) is 0 Å². The van der Waals surface area contributed by atoms with E-state index in [0.717, 1.165) is 43.4 Å². The van der Waals surface area contributed by atoms with Gasteiger partial charge in [-0.2, -0.15) is 0 Å². The molecular formula is C22H31N3O2. The summed E-state index contributed by atoms with van der Waals surface area (Å²) in [5, 5.41) is 3.33. The van der Waals surface area contributed by atoms with Crippen molar-refractivity contribution in [1.29, 1.82) is 0 Å². The Bertz CT molecular complexity index is 705. The quantitative estimate of drug-likeness (QED) is 0.857. The van der Waals surface area contributed by atoms with Crippen LogP contribution in [-0.4, -0.2) is 30.4 Å². The minimum Gasteiger partial charge on any atom is -0.353 e. The van der Waals surface area contributed by atoms with Crippen molar-refractivity contribution in [3.05, 3.63) is 29.8 Å². The number of fused-ring (bicyclic) bond motifs is 2. The monoisotopic (exact) mass is 369 g/mol. The Morgan fingerprint density at radius 3 is 2.63 bits per heavy atom. The van der Waals surface area contributed by atoms with E-state index in [-0.39, 0.29) is 29.8 Å². The first-order chi connectivity index (χ1) is 13.1. The number of hydrogen-bond donors (Lipinski definition) is 2. The Balaban J connectivity index is 1.44. The van der Waals surface area contributed by atoms with Gasteiger partial charge in [0.1, 0.15) is 0 Å². The van der Waals surface area contributed by atoms with Gasteiger partial charge in [0.2, 0.25) is 11.8 Å². The molecule has 1 aromatic rings. The summed E-state index contributed by atoms with van der Waals surface area (Å²) in [5.74, 6) is 0.869. The molecule has 0 spiro atoms. The highest BCUT2D eigenvalue weighted by Crippen LogP contribution is 2.40. The molecule has 0 radical (unpaired) electrons. The van der Waals surface area contributed by atoms with Crippen LogP contribution in [0.25, 0.3) is 0 Å². The summed E-state index contributed by atoms with van der Waals surface area (Å²) >= 11 is 0. The molecule has 2 amide bonds. The third-order valence-electron chi connectivity index (χ3n) is 6.84. The van der Waals surface area contributed by atoms with Crippen LogP contribution in [0.2, 0.25) is 0 Å². The average Bonchev–Trinajstić information content (AvgIpc) is 3.04.